The normalized spacial score (nSPS) is 17.0. The number of hydrogen-bond acceptors (Lipinski definition) is 4. The summed E-state index contributed by atoms with van der Waals surface area (Å²) in [7, 11) is 0. The van der Waals surface area contributed by atoms with Gasteiger partial charge in [-0.2, -0.15) is 0 Å². The van der Waals surface area contributed by atoms with Crippen molar-refractivity contribution < 1.29 is 9.59 Å². The van der Waals surface area contributed by atoms with Gasteiger partial charge in [0.25, 0.3) is 11.8 Å². The topological polar surface area (TPSA) is 40.6 Å². The van der Waals surface area contributed by atoms with Crippen LogP contribution in [0.3, 0.4) is 0 Å². The van der Waals surface area contributed by atoms with Crippen LogP contribution in [0.15, 0.2) is 60.7 Å². The van der Waals surface area contributed by atoms with Gasteiger partial charge in [-0.15, -0.1) is 22.7 Å². The monoisotopic (exact) mass is 678 g/mol. The molecule has 0 spiro atoms. The van der Waals surface area contributed by atoms with E-state index in [1.54, 1.807) is 11.3 Å². The number of carbonyl (C=O) groups is 2. The molecule has 4 aromatic rings. The Balaban J connectivity index is 1.46. The first-order chi connectivity index (χ1) is 23.3. The Morgan fingerprint density at radius 3 is 1.67 bits per heavy atom. The average Bonchev–Trinajstić information content (AvgIpc) is 3.86. The van der Waals surface area contributed by atoms with Gasteiger partial charge in [0.05, 0.1) is 22.5 Å². The Kier molecular flexibility index (Phi) is 10.7. The van der Waals surface area contributed by atoms with Crippen LogP contribution in [0.25, 0.3) is 31.3 Å². The average molecular weight is 679 g/mol. The third-order valence-electron chi connectivity index (χ3n) is 10.3. The van der Waals surface area contributed by atoms with Crippen molar-refractivity contribution in [2.75, 3.05) is 22.9 Å². The molecule has 2 amide bonds. The minimum Gasteiger partial charge on any atom is -0.307 e. The molecule has 0 saturated heterocycles. The van der Waals surface area contributed by atoms with Crippen molar-refractivity contribution in [2.45, 2.75) is 92.9 Å². The van der Waals surface area contributed by atoms with Gasteiger partial charge in [0.1, 0.15) is 0 Å². The zero-order chi connectivity index (χ0) is 33.9. The van der Waals surface area contributed by atoms with Crippen molar-refractivity contribution in [1.29, 1.82) is 0 Å². The van der Waals surface area contributed by atoms with E-state index in [9.17, 15) is 9.59 Å². The molecule has 0 radical (unpaired) electrons. The summed E-state index contributed by atoms with van der Waals surface area (Å²) >= 11 is 3.62. The molecule has 6 rings (SSSR count). The Morgan fingerprint density at radius 2 is 1.12 bits per heavy atom. The summed E-state index contributed by atoms with van der Waals surface area (Å²) in [6.45, 7) is 14.5. The van der Waals surface area contributed by atoms with E-state index in [0.29, 0.717) is 36.1 Å². The summed E-state index contributed by atoms with van der Waals surface area (Å²) in [5, 5.41) is 0. The summed E-state index contributed by atoms with van der Waals surface area (Å²) in [5.74, 6) is 0.764. The highest BCUT2D eigenvalue weighted by molar-refractivity contribution is 7.23. The molecule has 2 unspecified atom stereocenters. The molecular formula is C42H50N2O2S2. The number of aryl methyl sites for hydroxylation is 2. The molecule has 0 N–H and O–H groups in total. The molecule has 48 heavy (non-hydrogen) atoms. The van der Waals surface area contributed by atoms with E-state index in [0.717, 1.165) is 85.0 Å². The van der Waals surface area contributed by atoms with Crippen molar-refractivity contribution in [3.05, 3.63) is 82.2 Å². The summed E-state index contributed by atoms with van der Waals surface area (Å²) in [4.78, 5) is 38.4. The second kappa shape index (κ2) is 15.0. The predicted octanol–water partition coefficient (Wildman–Crippen LogP) is 11.8. The molecule has 0 fully saturated rings. The molecule has 6 heteroatoms. The lowest BCUT2D eigenvalue weighted by Crippen LogP contribution is -2.34. The van der Waals surface area contributed by atoms with Gasteiger partial charge in [0.15, 0.2) is 0 Å². The van der Waals surface area contributed by atoms with Crippen LogP contribution in [0, 0.1) is 25.7 Å². The molecule has 2 aromatic carbocycles. The Labute approximate surface area is 295 Å². The van der Waals surface area contributed by atoms with E-state index >= 15 is 0 Å². The van der Waals surface area contributed by atoms with Crippen molar-refractivity contribution in [1.82, 2.24) is 0 Å². The smallest absolute Gasteiger partial charge is 0.259 e. The first-order valence-electron chi connectivity index (χ1n) is 18.1. The van der Waals surface area contributed by atoms with Gasteiger partial charge in [0.2, 0.25) is 0 Å². The number of fused-ring (bicyclic) bond motifs is 2. The van der Waals surface area contributed by atoms with Crippen LogP contribution >= 0.6 is 22.7 Å². The van der Waals surface area contributed by atoms with Gasteiger partial charge in [0, 0.05) is 43.7 Å². The molecule has 252 valence electrons. The lowest BCUT2D eigenvalue weighted by Gasteiger charge is -2.24. The van der Waals surface area contributed by atoms with Crippen LogP contribution in [-0.4, -0.2) is 24.9 Å². The highest BCUT2D eigenvalue weighted by Crippen LogP contribution is 2.49. The SMILES string of the molecule is CCCCC(CC)CN1C(=O)/C(=C2/C(=O)N(CC(CC)CCCC)c3cc(-c4ccc(-c5ccc(C)s5)s4)ccc32)c2ccc(C)cc21. The van der Waals surface area contributed by atoms with Crippen molar-refractivity contribution in [2.24, 2.45) is 11.8 Å². The standard InChI is InChI=1S/C42H50N2O2S2/c1-7-11-13-29(9-3)25-43-34-23-27(5)15-18-32(34)39(41(43)45)40-33-19-17-31(36-21-22-38(48-36)37-20-16-28(6)47-37)24-35(33)44(42(40)46)26-30(10-4)14-12-8-2/h15-24,29-30H,7-14,25-26H2,1-6H3/b40-39+. The molecule has 0 bridgehead atoms. The molecule has 2 atom stereocenters. The van der Waals surface area contributed by atoms with Crippen LogP contribution < -0.4 is 9.80 Å². The number of unbranched alkanes of at least 4 members (excludes halogenated alkanes) is 2. The largest absolute Gasteiger partial charge is 0.307 e. The summed E-state index contributed by atoms with van der Waals surface area (Å²) in [6.07, 6.45) is 8.85. The molecule has 0 aliphatic carbocycles. The summed E-state index contributed by atoms with van der Waals surface area (Å²) in [5.41, 5.74) is 7.04. The van der Waals surface area contributed by atoms with Crippen LogP contribution in [0.5, 0.6) is 0 Å². The summed E-state index contributed by atoms with van der Waals surface area (Å²) < 4.78 is 0. The fourth-order valence-corrected chi connectivity index (χ4v) is 9.26. The third-order valence-corrected chi connectivity index (χ3v) is 12.6. The quantitative estimate of drug-likeness (QED) is 0.125. The van der Waals surface area contributed by atoms with Crippen LogP contribution in [0.4, 0.5) is 11.4 Å². The lowest BCUT2D eigenvalue weighted by atomic mass is 9.95. The Hall–Kier alpha value is -3.48. The van der Waals surface area contributed by atoms with E-state index in [2.05, 4.69) is 102 Å². The van der Waals surface area contributed by atoms with Crippen molar-refractivity contribution >= 4 is 57.0 Å². The van der Waals surface area contributed by atoms with Gasteiger partial charge in [-0.1, -0.05) is 90.5 Å². The highest BCUT2D eigenvalue weighted by Gasteiger charge is 2.43. The molecular weight excluding hydrogens is 629 g/mol. The number of anilines is 2. The number of nitrogens with zero attached hydrogens (tertiary/aromatic N) is 2. The Bertz CT molecular complexity index is 1830. The maximum absolute atomic E-state index is 14.8. The first kappa shape index (κ1) is 34.4. The second-order valence-corrected chi connectivity index (χ2v) is 16.1. The maximum Gasteiger partial charge on any atom is 0.259 e. The van der Waals surface area contributed by atoms with Crippen molar-refractivity contribution in [3.63, 3.8) is 0 Å². The van der Waals surface area contributed by atoms with Gasteiger partial charge in [-0.25, -0.2) is 0 Å². The molecule has 4 heterocycles. The minimum absolute atomic E-state index is 0.0297. The lowest BCUT2D eigenvalue weighted by molar-refractivity contribution is -0.114. The third kappa shape index (κ3) is 6.71. The van der Waals surface area contributed by atoms with Gasteiger partial charge in [-0.3, -0.25) is 9.59 Å². The van der Waals surface area contributed by atoms with E-state index in [1.807, 2.05) is 21.1 Å². The van der Waals surface area contributed by atoms with E-state index in [1.165, 1.54) is 19.5 Å². The number of thiophene rings is 2. The number of benzene rings is 2. The molecule has 2 aliphatic heterocycles. The van der Waals surface area contributed by atoms with Gasteiger partial charge in [-0.05, 0) is 86.1 Å². The van der Waals surface area contributed by atoms with Crippen LogP contribution in [0.2, 0.25) is 0 Å². The fraction of sp³-hybridized carbons (Fsp3) is 0.429. The fourth-order valence-electron chi connectivity index (χ4n) is 7.30. The first-order valence-corrected chi connectivity index (χ1v) is 19.7. The van der Waals surface area contributed by atoms with Crippen LogP contribution in [0.1, 0.15) is 101 Å². The Morgan fingerprint density at radius 1 is 0.604 bits per heavy atom. The number of hydrogen-bond donors (Lipinski definition) is 0. The molecule has 2 aliphatic rings. The van der Waals surface area contributed by atoms with E-state index in [4.69, 9.17) is 0 Å². The second-order valence-electron chi connectivity index (χ2n) is 13.7. The number of amides is 2. The van der Waals surface area contributed by atoms with Gasteiger partial charge < -0.3 is 9.80 Å². The number of rotatable bonds is 14. The number of carbonyl (C=O) groups excluding carboxylic acids is 2. The predicted molar refractivity (Wildman–Crippen MR) is 207 cm³/mol. The van der Waals surface area contributed by atoms with Gasteiger partial charge >= 0.3 is 0 Å². The minimum atomic E-state index is -0.0345. The zero-order valence-electron chi connectivity index (χ0n) is 29.5. The highest BCUT2D eigenvalue weighted by atomic mass is 32.1. The van der Waals surface area contributed by atoms with Crippen LogP contribution in [-0.2, 0) is 9.59 Å². The maximum atomic E-state index is 14.8. The van der Waals surface area contributed by atoms with E-state index in [-0.39, 0.29) is 11.8 Å². The molecule has 4 nitrogen and oxygen atoms in total. The molecule has 2 aromatic heterocycles. The summed E-state index contributed by atoms with van der Waals surface area (Å²) in [6, 6.07) is 21.5. The molecule has 0 saturated carbocycles. The zero-order valence-corrected chi connectivity index (χ0v) is 31.2. The van der Waals surface area contributed by atoms with E-state index < -0.39 is 0 Å². The van der Waals surface area contributed by atoms with Crippen molar-refractivity contribution in [3.8, 4) is 20.2 Å².